The largest absolute Gasteiger partial charge is 0.491 e. The molecule has 2 aromatic carbocycles. The zero-order valence-electron chi connectivity index (χ0n) is 11.5. The van der Waals surface area contributed by atoms with Gasteiger partial charge in [-0.05, 0) is 37.1 Å². The summed E-state index contributed by atoms with van der Waals surface area (Å²) in [6.07, 6.45) is 0. The van der Waals surface area contributed by atoms with Gasteiger partial charge in [-0.15, -0.1) is 0 Å². The van der Waals surface area contributed by atoms with E-state index in [0.717, 1.165) is 5.75 Å². The quantitative estimate of drug-likeness (QED) is 0.470. The molecule has 0 saturated heterocycles. The zero-order chi connectivity index (χ0) is 14.4. The third-order valence-corrected chi connectivity index (χ3v) is 3.86. The van der Waals surface area contributed by atoms with Gasteiger partial charge in [0.1, 0.15) is 18.0 Å². The molecule has 0 heterocycles. The van der Waals surface area contributed by atoms with E-state index in [4.69, 9.17) is 8.92 Å². The van der Waals surface area contributed by atoms with Crippen molar-refractivity contribution < 1.29 is 8.92 Å². The van der Waals surface area contributed by atoms with Crippen molar-refractivity contribution in [2.45, 2.75) is 19.4 Å². The summed E-state index contributed by atoms with van der Waals surface area (Å²) in [5, 5.41) is 0. The molecule has 4 heteroatoms. The van der Waals surface area contributed by atoms with Crippen molar-refractivity contribution in [3.05, 3.63) is 54.6 Å². The fraction of sp³-hybridized carbons (Fsp3) is 0.250. The van der Waals surface area contributed by atoms with Crippen LogP contribution in [0.25, 0.3) is 11.1 Å². The number of benzene rings is 2. The minimum Gasteiger partial charge on any atom is -0.491 e. The Morgan fingerprint density at radius 1 is 0.950 bits per heavy atom. The maximum absolute atomic E-state index is 5.77. The van der Waals surface area contributed by atoms with Gasteiger partial charge in [0.15, 0.2) is 0 Å². The molecule has 0 bridgehead atoms. The van der Waals surface area contributed by atoms with Crippen molar-refractivity contribution in [1.82, 2.24) is 0 Å². The first-order valence-electron chi connectivity index (χ1n) is 6.35. The van der Waals surface area contributed by atoms with E-state index in [1.807, 2.05) is 44.2 Å². The lowest BCUT2D eigenvalue weighted by atomic mass is 10.1. The van der Waals surface area contributed by atoms with Gasteiger partial charge in [0.2, 0.25) is 0 Å². The highest BCUT2D eigenvalue weighted by molar-refractivity contribution is 14.2. The lowest BCUT2D eigenvalue weighted by molar-refractivity contribution is 0.0750. The van der Waals surface area contributed by atoms with Gasteiger partial charge in [-0.25, -0.2) is 0 Å². The molecule has 0 unspecified atom stereocenters. The molecule has 0 radical (unpaired) electrons. The van der Waals surface area contributed by atoms with E-state index in [-0.39, 0.29) is 5.60 Å². The molecule has 0 aliphatic rings. The first kappa shape index (κ1) is 15.7. The van der Waals surface area contributed by atoms with E-state index < -0.39 is 0 Å². The third-order valence-electron chi connectivity index (χ3n) is 2.80. The summed E-state index contributed by atoms with van der Waals surface area (Å²) in [7, 11) is 1.33. The van der Waals surface area contributed by atoms with E-state index >= 15 is 0 Å². The molecule has 0 amide bonds. The first-order chi connectivity index (χ1) is 9.61. The van der Waals surface area contributed by atoms with E-state index in [0.29, 0.717) is 6.61 Å². The fourth-order valence-electron chi connectivity index (χ4n) is 1.74. The summed E-state index contributed by atoms with van der Waals surface area (Å²) in [5.41, 5.74) is 2.10. The Labute approximate surface area is 136 Å². The number of rotatable bonds is 6. The summed E-state index contributed by atoms with van der Waals surface area (Å²) >= 11 is 2.12. The Morgan fingerprint density at radius 2 is 1.55 bits per heavy atom. The van der Waals surface area contributed by atoms with Gasteiger partial charge in [0.05, 0.1) is 9.21 Å². The first-order valence-corrected chi connectivity index (χ1v) is 9.64. The van der Waals surface area contributed by atoms with Crippen LogP contribution in [0.1, 0.15) is 13.8 Å². The Morgan fingerprint density at radius 3 is 2.15 bits per heavy atom. The highest BCUT2D eigenvalue weighted by atomic mass is 127. The van der Waals surface area contributed by atoms with Crippen LogP contribution >= 0.6 is 30.4 Å². The van der Waals surface area contributed by atoms with Crippen molar-refractivity contribution in [3.63, 3.8) is 0 Å². The van der Waals surface area contributed by atoms with E-state index in [1.54, 1.807) is 0 Å². The second kappa shape index (κ2) is 7.33. The average molecular weight is 400 g/mol. The zero-order valence-corrected chi connectivity index (χ0v) is 14.5. The molecule has 0 atom stereocenters. The minimum atomic E-state index is -0.302. The molecule has 0 spiro atoms. The Bertz CT molecular complexity index is 526. The molecule has 2 aromatic rings. The van der Waals surface area contributed by atoms with Crippen LogP contribution in [0.4, 0.5) is 0 Å². The van der Waals surface area contributed by atoms with Crippen LogP contribution in [0.5, 0.6) is 5.75 Å². The smallest absolute Gasteiger partial charge is 0.119 e. The van der Waals surface area contributed by atoms with Crippen LogP contribution in [0.15, 0.2) is 54.6 Å². The Balaban J connectivity index is 1.99. The maximum atomic E-state index is 5.77. The molecule has 0 aliphatic heterocycles. The lowest BCUT2D eigenvalue weighted by Crippen LogP contribution is -2.29. The molecule has 2 nitrogen and oxygen atoms in total. The molecular weight excluding hydrogens is 383 g/mol. The van der Waals surface area contributed by atoms with Gasteiger partial charge in [-0.1, -0.05) is 42.5 Å². The number of ether oxygens (including phenoxy) is 1. The normalized spacial score (nSPS) is 11.3. The molecular formula is C16H17IO2S. The van der Waals surface area contributed by atoms with Crippen LogP contribution < -0.4 is 4.74 Å². The summed E-state index contributed by atoms with van der Waals surface area (Å²) < 4.78 is 11.3. The Hall–Kier alpha value is -0.720. The van der Waals surface area contributed by atoms with Gasteiger partial charge >= 0.3 is 0 Å². The van der Waals surface area contributed by atoms with Gasteiger partial charge in [-0.3, -0.25) is 4.18 Å². The van der Waals surface area contributed by atoms with Crippen molar-refractivity contribution in [2.24, 2.45) is 0 Å². The number of halogens is 1. The van der Waals surface area contributed by atoms with E-state index in [1.165, 1.54) is 20.3 Å². The van der Waals surface area contributed by atoms with Crippen LogP contribution in [-0.2, 0) is 4.18 Å². The monoisotopic (exact) mass is 400 g/mol. The van der Waals surface area contributed by atoms with E-state index in [9.17, 15) is 0 Å². The van der Waals surface area contributed by atoms with E-state index in [2.05, 4.69) is 45.5 Å². The highest BCUT2D eigenvalue weighted by Crippen LogP contribution is 2.26. The summed E-state index contributed by atoms with van der Waals surface area (Å²) in [6.45, 7) is 4.54. The van der Waals surface area contributed by atoms with Crippen LogP contribution in [-0.4, -0.2) is 12.2 Å². The van der Waals surface area contributed by atoms with Crippen molar-refractivity contribution in [3.8, 4) is 16.9 Å². The summed E-state index contributed by atoms with van der Waals surface area (Å²) in [6, 6.07) is 18.5. The third kappa shape index (κ3) is 4.68. The van der Waals surface area contributed by atoms with Gasteiger partial charge in [0, 0.05) is 21.2 Å². The van der Waals surface area contributed by atoms with Gasteiger partial charge in [0.25, 0.3) is 0 Å². The summed E-state index contributed by atoms with van der Waals surface area (Å²) in [5.74, 6) is 0.861. The molecule has 0 saturated carbocycles. The second-order valence-electron chi connectivity index (χ2n) is 5.09. The van der Waals surface area contributed by atoms with Crippen LogP contribution in [0, 0.1) is 0 Å². The van der Waals surface area contributed by atoms with Crippen molar-refractivity contribution in [2.75, 3.05) is 6.61 Å². The van der Waals surface area contributed by atoms with Crippen LogP contribution in [0.2, 0.25) is 0 Å². The van der Waals surface area contributed by atoms with Crippen molar-refractivity contribution in [1.29, 1.82) is 0 Å². The molecule has 0 aliphatic carbocycles. The minimum absolute atomic E-state index is 0.302. The summed E-state index contributed by atoms with van der Waals surface area (Å²) in [4.78, 5) is 0. The molecule has 0 fully saturated rings. The fourth-order valence-corrected chi connectivity index (χ4v) is 3.42. The average Bonchev–Trinajstić information content (AvgIpc) is 2.47. The van der Waals surface area contributed by atoms with Crippen LogP contribution in [0.3, 0.4) is 0 Å². The van der Waals surface area contributed by atoms with Crippen molar-refractivity contribution >= 4 is 30.4 Å². The predicted octanol–water partition coefficient (Wildman–Crippen LogP) is 5.53. The Kier molecular flexibility index (Phi) is 5.74. The molecule has 0 aromatic heterocycles. The standard InChI is InChI=1S/C16H17IO2S/c1-16(2,19-20-17)12-18-15-10-8-14(9-11-15)13-6-4-3-5-7-13/h3-11H,12H2,1-2H3. The number of hydrogen-bond donors (Lipinski definition) is 0. The lowest BCUT2D eigenvalue weighted by Gasteiger charge is -2.22. The SMILES string of the molecule is CC(C)(COc1ccc(-c2ccccc2)cc1)OSI. The topological polar surface area (TPSA) is 18.5 Å². The van der Waals surface area contributed by atoms with Gasteiger partial charge < -0.3 is 4.74 Å². The molecule has 106 valence electrons. The molecule has 2 rings (SSSR count). The second-order valence-corrected chi connectivity index (χ2v) is 6.46. The van der Waals surface area contributed by atoms with Gasteiger partial charge in [-0.2, -0.15) is 0 Å². The predicted molar refractivity (Wildman–Crippen MR) is 94.1 cm³/mol. The molecule has 0 N–H and O–H groups in total. The number of hydrogen-bond acceptors (Lipinski definition) is 3. The maximum Gasteiger partial charge on any atom is 0.119 e. The highest BCUT2D eigenvalue weighted by Gasteiger charge is 2.20. The molecule has 20 heavy (non-hydrogen) atoms.